The molecule has 3 aromatic carbocycles. The molecule has 4 fully saturated rings. The monoisotopic (exact) mass is 794 g/mol. The molecular formula is C45H50N10O4. The number of benzene rings is 3. The maximum Gasteiger partial charge on any atom is 0.255 e. The van der Waals surface area contributed by atoms with Gasteiger partial charge in [-0.05, 0) is 72.9 Å². The fourth-order valence-corrected chi connectivity index (χ4v) is 9.70. The van der Waals surface area contributed by atoms with Crippen LogP contribution in [0.2, 0.25) is 0 Å². The van der Waals surface area contributed by atoms with E-state index in [2.05, 4.69) is 58.9 Å². The van der Waals surface area contributed by atoms with Crippen LogP contribution in [0.5, 0.6) is 11.5 Å². The summed E-state index contributed by atoms with van der Waals surface area (Å²) >= 11 is 0. The van der Waals surface area contributed by atoms with Crippen molar-refractivity contribution in [3.05, 3.63) is 96.4 Å². The van der Waals surface area contributed by atoms with Gasteiger partial charge in [-0.15, -0.1) is 0 Å². The summed E-state index contributed by atoms with van der Waals surface area (Å²) in [6.45, 7) is 10.8. The zero-order valence-corrected chi connectivity index (χ0v) is 33.2. The largest absolute Gasteiger partial charge is 0.457 e. The van der Waals surface area contributed by atoms with Crippen molar-refractivity contribution in [2.45, 2.75) is 50.4 Å². The molecule has 5 aliphatic heterocycles. The standard InChI is InChI=1S/C45H50N10O4/c46-42-41-38(30-6-9-36(10-7-30)59-35-4-2-1-3-5-35)28-54(43(41)48-29-47-42)32-14-16-50(17-15-32)18-19-51-26-34(27-51)53-22-20-52(21-23-53)33-8-11-37-31(24-33)25-55(45(37)58)39-12-13-40(56)49-44(39)57/h1-11,24,28-29,32,34,39H,12-23,25-27H2,(H2,46,47,48)(H,49,56,57). The zero-order valence-electron chi connectivity index (χ0n) is 33.2. The first-order valence-corrected chi connectivity index (χ1v) is 21.0. The van der Waals surface area contributed by atoms with Gasteiger partial charge in [0.25, 0.3) is 5.91 Å². The average molecular weight is 795 g/mol. The Labute approximate surface area is 343 Å². The number of nitrogens with zero attached hydrogens (tertiary/aromatic N) is 8. The lowest BCUT2D eigenvalue weighted by atomic mass is 10.0. The van der Waals surface area contributed by atoms with Crippen LogP contribution < -0.4 is 20.7 Å². The Morgan fingerprint density at radius 3 is 2.27 bits per heavy atom. The Bertz CT molecular complexity index is 2360. The van der Waals surface area contributed by atoms with E-state index in [1.54, 1.807) is 11.2 Å². The molecule has 10 rings (SSSR count). The lowest BCUT2D eigenvalue weighted by Gasteiger charge is -2.49. The van der Waals surface area contributed by atoms with Crippen molar-refractivity contribution in [2.24, 2.45) is 0 Å². The summed E-state index contributed by atoms with van der Waals surface area (Å²) in [6.07, 6.45) is 6.54. The minimum Gasteiger partial charge on any atom is -0.457 e. The molecule has 5 aromatic rings. The number of anilines is 2. The zero-order chi connectivity index (χ0) is 40.0. The summed E-state index contributed by atoms with van der Waals surface area (Å²) in [6, 6.07) is 24.4. The third-order valence-electron chi connectivity index (χ3n) is 13.1. The van der Waals surface area contributed by atoms with E-state index < -0.39 is 6.04 Å². The molecule has 59 heavy (non-hydrogen) atoms. The molecule has 304 valence electrons. The van der Waals surface area contributed by atoms with Gasteiger partial charge in [0.15, 0.2) is 0 Å². The van der Waals surface area contributed by atoms with E-state index in [-0.39, 0.29) is 24.1 Å². The maximum atomic E-state index is 13.2. The molecule has 0 bridgehead atoms. The molecule has 5 aliphatic rings. The number of nitrogen functional groups attached to an aromatic ring is 1. The summed E-state index contributed by atoms with van der Waals surface area (Å²) in [5, 5.41) is 3.29. The second-order valence-electron chi connectivity index (χ2n) is 16.6. The van der Waals surface area contributed by atoms with Crippen molar-refractivity contribution in [3.63, 3.8) is 0 Å². The van der Waals surface area contributed by atoms with Crippen LogP contribution in [-0.2, 0) is 16.1 Å². The number of carbonyl (C=O) groups excluding carboxylic acids is 3. The number of imide groups is 1. The molecule has 4 saturated heterocycles. The van der Waals surface area contributed by atoms with Gasteiger partial charge in [0.05, 0.1) is 5.39 Å². The number of aromatic nitrogens is 3. The molecule has 1 unspecified atom stereocenters. The molecule has 3 N–H and O–H groups in total. The van der Waals surface area contributed by atoms with E-state index in [1.807, 2.05) is 54.6 Å². The van der Waals surface area contributed by atoms with Crippen LogP contribution in [0, 0.1) is 0 Å². The van der Waals surface area contributed by atoms with Crippen LogP contribution in [0.15, 0.2) is 85.3 Å². The second-order valence-corrected chi connectivity index (χ2v) is 16.6. The number of amides is 3. The third-order valence-corrected chi connectivity index (χ3v) is 13.1. The van der Waals surface area contributed by atoms with Gasteiger partial charge in [-0.3, -0.25) is 29.5 Å². The van der Waals surface area contributed by atoms with Crippen molar-refractivity contribution >= 4 is 40.3 Å². The molecule has 1 atom stereocenters. The Hall–Kier alpha value is -5.83. The van der Waals surface area contributed by atoms with Gasteiger partial charge in [0.1, 0.15) is 35.3 Å². The van der Waals surface area contributed by atoms with E-state index in [9.17, 15) is 14.4 Å². The number of nitrogens with one attached hydrogen (secondary N) is 1. The average Bonchev–Trinajstić information content (AvgIpc) is 3.80. The van der Waals surface area contributed by atoms with Crippen LogP contribution in [0.1, 0.15) is 47.6 Å². The van der Waals surface area contributed by atoms with Crippen LogP contribution >= 0.6 is 0 Å². The number of hydrogen-bond acceptors (Lipinski definition) is 11. The van der Waals surface area contributed by atoms with Crippen LogP contribution in [-0.4, -0.2) is 129 Å². The second kappa shape index (κ2) is 15.7. The predicted molar refractivity (Wildman–Crippen MR) is 225 cm³/mol. The van der Waals surface area contributed by atoms with Gasteiger partial charge in [-0.1, -0.05) is 30.3 Å². The SMILES string of the molecule is Nc1ncnc2c1c(-c1ccc(Oc3ccccc3)cc1)cn2C1CCN(CCN2CC(N3CCN(c4ccc5c(c4)CN(C4CCC(=O)NC4=O)C5=O)CC3)C2)CC1. The first kappa shape index (κ1) is 37.4. The molecule has 2 aromatic heterocycles. The number of ether oxygens (including phenoxy) is 1. The summed E-state index contributed by atoms with van der Waals surface area (Å²) in [4.78, 5) is 58.2. The summed E-state index contributed by atoms with van der Waals surface area (Å²) in [5.41, 5.74) is 12.2. The third kappa shape index (κ3) is 7.40. The van der Waals surface area contributed by atoms with Crippen LogP contribution in [0.25, 0.3) is 22.2 Å². The predicted octanol–water partition coefficient (Wildman–Crippen LogP) is 4.38. The minimum atomic E-state index is -0.589. The molecule has 0 saturated carbocycles. The van der Waals surface area contributed by atoms with Gasteiger partial charge in [0, 0.05) is 114 Å². The van der Waals surface area contributed by atoms with E-state index in [0.29, 0.717) is 36.4 Å². The highest BCUT2D eigenvalue weighted by atomic mass is 16.5. The molecule has 14 heteroatoms. The lowest BCUT2D eigenvalue weighted by Crippen LogP contribution is -2.63. The summed E-state index contributed by atoms with van der Waals surface area (Å²) in [7, 11) is 0. The van der Waals surface area contributed by atoms with E-state index in [0.717, 1.165) is 123 Å². The number of hydrogen-bond donors (Lipinski definition) is 2. The smallest absolute Gasteiger partial charge is 0.255 e. The van der Waals surface area contributed by atoms with Gasteiger partial charge < -0.3 is 29.7 Å². The fourth-order valence-electron chi connectivity index (χ4n) is 9.70. The van der Waals surface area contributed by atoms with Crippen molar-refractivity contribution < 1.29 is 19.1 Å². The minimum absolute atomic E-state index is 0.125. The highest BCUT2D eigenvalue weighted by Crippen LogP contribution is 2.38. The Morgan fingerprint density at radius 2 is 1.51 bits per heavy atom. The molecule has 3 amide bonds. The topological polar surface area (TPSA) is 145 Å². The number of rotatable bonds is 10. The number of piperazine rings is 1. The molecule has 0 aliphatic carbocycles. The van der Waals surface area contributed by atoms with E-state index >= 15 is 0 Å². The highest BCUT2D eigenvalue weighted by Gasteiger charge is 2.40. The Kier molecular flexibility index (Phi) is 9.99. The van der Waals surface area contributed by atoms with Gasteiger partial charge in [-0.2, -0.15) is 0 Å². The first-order chi connectivity index (χ1) is 28.8. The normalized spacial score (nSPS) is 21.2. The molecular weight excluding hydrogens is 745 g/mol. The Morgan fingerprint density at radius 1 is 0.763 bits per heavy atom. The fraction of sp³-hybridized carbons (Fsp3) is 0.400. The van der Waals surface area contributed by atoms with Gasteiger partial charge in [-0.25, -0.2) is 9.97 Å². The quantitative estimate of drug-likeness (QED) is 0.195. The van der Waals surface area contributed by atoms with Gasteiger partial charge >= 0.3 is 0 Å². The molecule has 14 nitrogen and oxygen atoms in total. The van der Waals surface area contributed by atoms with E-state index in [4.69, 9.17) is 15.5 Å². The van der Waals surface area contributed by atoms with Crippen molar-refractivity contribution in [3.8, 4) is 22.6 Å². The summed E-state index contributed by atoms with van der Waals surface area (Å²) in [5.74, 6) is 1.32. The van der Waals surface area contributed by atoms with Crippen LogP contribution in [0.3, 0.4) is 0 Å². The van der Waals surface area contributed by atoms with Crippen molar-refractivity contribution in [1.29, 1.82) is 0 Å². The van der Waals surface area contributed by atoms with Crippen molar-refractivity contribution in [1.82, 2.24) is 39.5 Å². The lowest BCUT2D eigenvalue weighted by molar-refractivity contribution is -0.136. The highest BCUT2D eigenvalue weighted by molar-refractivity contribution is 6.05. The number of fused-ring (bicyclic) bond motifs is 2. The van der Waals surface area contributed by atoms with Crippen LogP contribution in [0.4, 0.5) is 11.5 Å². The number of para-hydroxylation sites is 1. The number of nitrogens with two attached hydrogens (primary N) is 1. The number of likely N-dealkylation sites (tertiary alicyclic amines) is 2. The van der Waals surface area contributed by atoms with E-state index in [1.165, 1.54) is 0 Å². The van der Waals surface area contributed by atoms with Crippen molar-refractivity contribution in [2.75, 3.05) is 76.1 Å². The first-order valence-electron chi connectivity index (χ1n) is 21.0. The molecule has 7 heterocycles. The molecule has 0 radical (unpaired) electrons. The van der Waals surface area contributed by atoms with Gasteiger partial charge in [0.2, 0.25) is 11.8 Å². The summed E-state index contributed by atoms with van der Waals surface area (Å²) < 4.78 is 8.36. The number of carbonyl (C=O) groups is 3. The Balaban J connectivity index is 0.683. The molecule has 0 spiro atoms. The maximum absolute atomic E-state index is 13.2. The number of piperidine rings is 2.